The minimum atomic E-state index is -0.330. The van der Waals surface area contributed by atoms with Gasteiger partial charge >= 0.3 is 0 Å². The van der Waals surface area contributed by atoms with Crippen LogP contribution in [0.25, 0.3) is 0 Å². The summed E-state index contributed by atoms with van der Waals surface area (Å²) in [6.45, 7) is 6.30. The van der Waals surface area contributed by atoms with E-state index in [0.717, 1.165) is 5.56 Å². The first kappa shape index (κ1) is 21.1. The lowest BCUT2D eigenvalue weighted by atomic mass is 9.82. The molecule has 6 nitrogen and oxygen atoms in total. The van der Waals surface area contributed by atoms with Crippen molar-refractivity contribution in [1.82, 2.24) is 10.3 Å². The van der Waals surface area contributed by atoms with Crippen LogP contribution >= 0.6 is 0 Å². The molecule has 0 aliphatic carbocycles. The summed E-state index contributed by atoms with van der Waals surface area (Å²) >= 11 is 0. The highest BCUT2D eigenvalue weighted by Crippen LogP contribution is 2.35. The van der Waals surface area contributed by atoms with E-state index in [1.165, 1.54) is 17.1 Å². The van der Waals surface area contributed by atoms with Gasteiger partial charge in [0.25, 0.3) is 5.91 Å². The molecule has 1 amide bonds. The Hall–Kier alpha value is -3.19. The molecular weight excluding hydrogens is 397 g/mol. The topological polar surface area (TPSA) is 71.0 Å². The maximum atomic E-state index is 13.4. The summed E-state index contributed by atoms with van der Waals surface area (Å²) in [6.07, 6.45) is 3.68. The highest BCUT2D eigenvalue weighted by Gasteiger charge is 2.36. The lowest BCUT2D eigenvalue weighted by molar-refractivity contribution is -0.132. The maximum Gasteiger partial charge on any atom is 0.257 e. The van der Waals surface area contributed by atoms with Crippen molar-refractivity contribution >= 4 is 11.6 Å². The Kier molecular flexibility index (Phi) is 5.78. The molecule has 1 N–H and O–H groups in total. The number of carbonyl (C=O) groups is 1. The normalized spacial score (nSPS) is 17.6. The summed E-state index contributed by atoms with van der Waals surface area (Å²) in [5.41, 5.74) is 1.43. The summed E-state index contributed by atoms with van der Waals surface area (Å²) in [5.74, 6) is 0.841. The highest BCUT2D eigenvalue weighted by atomic mass is 19.1. The first-order valence-electron chi connectivity index (χ1n) is 10.3. The Morgan fingerprint density at radius 3 is 2.48 bits per heavy atom. The van der Waals surface area contributed by atoms with Crippen molar-refractivity contribution in [1.29, 1.82) is 0 Å². The van der Waals surface area contributed by atoms with Gasteiger partial charge in [-0.25, -0.2) is 9.40 Å². The summed E-state index contributed by atoms with van der Waals surface area (Å²) in [4.78, 5) is 13.2. The van der Waals surface area contributed by atoms with Gasteiger partial charge in [0, 0.05) is 12.5 Å². The molecule has 2 aromatic heterocycles. The van der Waals surface area contributed by atoms with Crippen LogP contribution in [0.2, 0.25) is 0 Å². The molecule has 1 aliphatic rings. The van der Waals surface area contributed by atoms with Gasteiger partial charge in [0.05, 0.1) is 19.1 Å². The molecule has 31 heavy (non-hydrogen) atoms. The van der Waals surface area contributed by atoms with Crippen LogP contribution < -0.4 is 5.32 Å². The van der Waals surface area contributed by atoms with Gasteiger partial charge in [-0.05, 0) is 47.4 Å². The minimum absolute atomic E-state index is 0.0749. The van der Waals surface area contributed by atoms with E-state index >= 15 is 0 Å². The highest BCUT2D eigenvalue weighted by molar-refractivity contribution is 6.01. The van der Waals surface area contributed by atoms with Crippen LogP contribution in [0.15, 0.2) is 75.0 Å². The second-order valence-electron chi connectivity index (χ2n) is 8.73. The molecule has 0 fully saturated rings. The Bertz CT molecular complexity index is 1030. The standard InChI is InChI=1S/C24H26FN3O3/c1-24(2,3)23(16-8-10-17(25)11-9-16)26-15-22(29)28-19(21-7-5-13-31-21)14-18(27-28)20-6-4-12-30-20/h4-13,19,23,26H,14-15H2,1-3H3. The number of hydrogen-bond donors (Lipinski definition) is 1. The number of hydrogen-bond acceptors (Lipinski definition) is 5. The molecule has 0 bridgehead atoms. The van der Waals surface area contributed by atoms with Gasteiger partial charge < -0.3 is 14.2 Å². The van der Waals surface area contributed by atoms with E-state index in [0.29, 0.717) is 23.7 Å². The molecule has 1 aliphatic heterocycles. The van der Waals surface area contributed by atoms with Gasteiger partial charge in [0.1, 0.15) is 29.1 Å². The van der Waals surface area contributed by atoms with Gasteiger partial charge in [-0.15, -0.1) is 0 Å². The lowest BCUT2D eigenvalue weighted by Crippen LogP contribution is -2.40. The Labute approximate surface area is 180 Å². The summed E-state index contributed by atoms with van der Waals surface area (Å²) in [5, 5.41) is 9.37. The van der Waals surface area contributed by atoms with Crippen LogP contribution in [0.3, 0.4) is 0 Å². The first-order valence-corrected chi connectivity index (χ1v) is 10.3. The van der Waals surface area contributed by atoms with Gasteiger partial charge in [-0.3, -0.25) is 4.79 Å². The van der Waals surface area contributed by atoms with E-state index in [1.807, 2.05) is 12.1 Å². The first-order chi connectivity index (χ1) is 14.8. The molecule has 0 radical (unpaired) electrons. The Morgan fingerprint density at radius 1 is 1.16 bits per heavy atom. The number of benzene rings is 1. The van der Waals surface area contributed by atoms with E-state index in [4.69, 9.17) is 8.83 Å². The van der Waals surface area contributed by atoms with E-state index in [-0.39, 0.29) is 35.8 Å². The zero-order valence-corrected chi connectivity index (χ0v) is 17.8. The average Bonchev–Trinajstić information content (AvgIpc) is 3.48. The van der Waals surface area contributed by atoms with Crippen molar-refractivity contribution in [3.05, 3.63) is 84.0 Å². The minimum Gasteiger partial charge on any atom is -0.467 e. The predicted molar refractivity (Wildman–Crippen MR) is 115 cm³/mol. The molecule has 3 aromatic rings. The fourth-order valence-electron chi connectivity index (χ4n) is 3.88. The molecular formula is C24H26FN3O3. The zero-order valence-electron chi connectivity index (χ0n) is 17.8. The number of hydrazone groups is 1. The van der Waals surface area contributed by atoms with Gasteiger partial charge in [0.2, 0.25) is 0 Å². The van der Waals surface area contributed by atoms with E-state index in [2.05, 4.69) is 31.2 Å². The van der Waals surface area contributed by atoms with Crippen LogP contribution in [0.5, 0.6) is 0 Å². The molecule has 3 heterocycles. The third-order valence-electron chi connectivity index (χ3n) is 5.37. The smallest absolute Gasteiger partial charge is 0.257 e. The molecule has 2 unspecified atom stereocenters. The van der Waals surface area contributed by atoms with Gasteiger partial charge in [-0.1, -0.05) is 32.9 Å². The quantitative estimate of drug-likeness (QED) is 0.601. The second kappa shape index (κ2) is 8.51. The molecule has 0 saturated heterocycles. The van der Waals surface area contributed by atoms with Gasteiger partial charge in [0.15, 0.2) is 0 Å². The average molecular weight is 423 g/mol. The second-order valence-corrected chi connectivity index (χ2v) is 8.73. The van der Waals surface area contributed by atoms with E-state index < -0.39 is 0 Å². The fourth-order valence-corrected chi connectivity index (χ4v) is 3.88. The van der Waals surface area contributed by atoms with Crippen molar-refractivity contribution in [3.8, 4) is 0 Å². The van der Waals surface area contributed by atoms with Crippen LogP contribution in [0, 0.1) is 11.2 Å². The fraction of sp³-hybridized carbons (Fsp3) is 0.333. The summed E-state index contributed by atoms with van der Waals surface area (Å²) in [6, 6.07) is 13.2. The van der Waals surface area contributed by atoms with Crippen LogP contribution in [0.1, 0.15) is 56.4 Å². The van der Waals surface area contributed by atoms with Crippen LogP contribution in [-0.2, 0) is 4.79 Å². The largest absolute Gasteiger partial charge is 0.467 e. The predicted octanol–water partition coefficient (Wildman–Crippen LogP) is 5.07. The molecule has 2 atom stereocenters. The number of halogens is 1. The number of rotatable bonds is 6. The van der Waals surface area contributed by atoms with E-state index in [1.54, 1.807) is 36.8 Å². The molecule has 0 spiro atoms. The number of nitrogens with one attached hydrogen (secondary N) is 1. The van der Waals surface area contributed by atoms with Gasteiger partial charge in [-0.2, -0.15) is 5.10 Å². The van der Waals surface area contributed by atoms with Crippen molar-refractivity contribution in [3.63, 3.8) is 0 Å². The van der Waals surface area contributed by atoms with Crippen molar-refractivity contribution in [2.24, 2.45) is 10.5 Å². The van der Waals surface area contributed by atoms with Crippen molar-refractivity contribution in [2.45, 2.75) is 39.3 Å². The number of amides is 1. The Balaban J connectivity index is 1.54. The maximum absolute atomic E-state index is 13.4. The third-order valence-corrected chi connectivity index (χ3v) is 5.37. The van der Waals surface area contributed by atoms with Crippen LogP contribution in [0.4, 0.5) is 4.39 Å². The molecule has 7 heteroatoms. The van der Waals surface area contributed by atoms with Crippen molar-refractivity contribution < 1.29 is 18.0 Å². The van der Waals surface area contributed by atoms with Crippen LogP contribution in [-0.4, -0.2) is 23.2 Å². The SMILES string of the molecule is CC(C)(C)C(NCC(=O)N1N=C(c2ccco2)CC1c1ccco1)c1ccc(F)cc1. The third kappa shape index (κ3) is 4.61. The molecule has 0 saturated carbocycles. The number of carbonyl (C=O) groups excluding carboxylic acids is 1. The molecule has 1 aromatic carbocycles. The summed E-state index contributed by atoms with van der Waals surface area (Å²) in [7, 11) is 0. The molecule has 4 rings (SSSR count). The summed E-state index contributed by atoms with van der Waals surface area (Å²) < 4.78 is 24.4. The zero-order chi connectivity index (χ0) is 22.0. The number of furan rings is 2. The van der Waals surface area contributed by atoms with E-state index in [9.17, 15) is 9.18 Å². The Morgan fingerprint density at radius 2 is 1.87 bits per heavy atom. The number of nitrogens with zero attached hydrogens (tertiary/aromatic N) is 2. The molecule has 162 valence electrons. The monoisotopic (exact) mass is 423 g/mol. The lowest BCUT2D eigenvalue weighted by Gasteiger charge is -2.32. The van der Waals surface area contributed by atoms with Crippen molar-refractivity contribution in [2.75, 3.05) is 6.54 Å².